The highest BCUT2D eigenvalue weighted by Gasteiger charge is 2.28. The smallest absolute Gasteiger partial charge is 0.270 e. The van der Waals surface area contributed by atoms with Crippen LogP contribution >= 0.6 is 11.6 Å². The third-order valence-corrected chi connectivity index (χ3v) is 4.23. The third-order valence-electron chi connectivity index (χ3n) is 4.00. The van der Waals surface area contributed by atoms with Gasteiger partial charge in [-0.3, -0.25) is 4.79 Å². The Kier molecular flexibility index (Phi) is 3.44. The van der Waals surface area contributed by atoms with Gasteiger partial charge in [-0.25, -0.2) is 0 Å². The van der Waals surface area contributed by atoms with Crippen LogP contribution in [-0.4, -0.2) is 53.9 Å². The molecule has 1 aromatic carbocycles. The number of benzene rings is 1. The summed E-state index contributed by atoms with van der Waals surface area (Å²) in [5.74, 6) is 0.0710. The van der Waals surface area contributed by atoms with E-state index in [4.69, 9.17) is 11.6 Å². The van der Waals surface area contributed by atoms with Gasteiger partial charge >= 0.3 is 0 Å². The number of halogens is 1. The van der Waals surface area contributed by atoms with Crippen LogP contribution in [0.5, 0.6) is 0 Å². The minimum Gasteiger partial charge on any atom is -0.350 e. The van der Waals surface area contributed by atoms with Crippen LogP contribution in [0.1, 0.15) is 16.9 Å². The van der Waals surface area contributed by atoms with E-state index in [-0.39, 0.29) is 5.91 Å². The van der Waals surface area contributed by atoms with Crippen molar-refractivity contribution in [1.82, 2.24) is 14.8 Å². The molecule has 1 aliphatic rings. The lowest BCUT2D eigenvalue weighted by Crippen LogP contribution is -2.34. The fraction of sp³-hybridized carbons (Fsp3) is 0.400. The molecule has 0 radical (unpaired) electrons. The summed E-state index contributed by atoms with van der Waals surface area (Å²) in [5.41, 5.74) is 1.55. The minimum absolute atomic E-state index is 0.0710. The van der Waals surface area contributed by atoms with E-state index in [0.29, 0.717) is 16.8 Å². The average Bonchev–Trinajstić information content (AvgIpc) is 3.03. The summed E-state index contributed by atoms with van der Waals surface area (Å²) in [5, 5.41) is 1.69. The lowest BCUT2D eigenvalue weighted by atomic mass is 10.2. The van der Waals surface area contributed by atoms with Crippen LogP contribution in [-0.2, 0) is 0 Å². The van der Waals surface area contributed by atoms with Gasteiger partial charge in [0.25, 0.3) is 5.91 Å². The molecule has 0 bridgehead atoms. The summed E-state index contributed by atoms with van der Waals surface area (Å²) < 4.78 is 0. The first kappa shape index (κ1) is 13.5. The summed E-state index contributed by atoms with van der Waals surface area (Å²) in [7, 11) is 4.12. The van der Waals surface area contributed by atoms with Crippen LogP contribution in [0.2, 0.25) is 5.02 Å². The van der Waals surface area contributed by atoms with Gasteiger partial charge in [0, 0.05) is 35.1 Å². The van der Waals surface area contributed by atoms with E-state index in [2.05, 4.69) is 24.0 Å². The van der Waals surface area contributed by atoms with Gasteiger partial charge in [0.15, 0.2) is 0 Å². The third kappa shape index (κ3) is 2.41. The van der Waals surface area contributed by atoms with Crippen molar-refractivity contribution in [2.24, 2.45) is 0 Å². The van der Waals surface area contributed by atoms with E-state index in [1.54, 1.807) is 0 Å². The van der Waals surface area contributed by atoms with Crippen LogP contribution < -0.4 is 0 Å². The number of fused-ring (bicyclic) bond motifs is 1. The molecule has 1 fully saturated rings. The minimum atomic E-state index is 0.0710. The predicted molar refractivity (Wildman–Crippen MR) is 81.3 cm³/mol. The number of rotatable bonds is 2. The van der Waals surface area contributed by atoms with Gasteiger partial charge in [0.2, 0.25) is 0 Å². The Morgan fingerprint density at radius 3 is 2.90 bits per heavy atom. The molecule has 1 unspecified atom stereocenters. The number of nitrogens with zero attached hydrogens (tertiary/aromatic N) is 2. The number of likely N-dealkylation sites (N-methyl/N-ethyl adjacent to an activating group) is 1. The Hall–Kier alpha value is -1.52. The molecule has 1 N–H and O–H groups in total. The summed E-state index contributed by atoms with van der Waals surface area (Å²) in [4.78, 5) is 19.8. The maximum absolute atomic E-state index is 12.5. The Morgan fingerprint density at radius 2 is 2.20 bits per heavy atom. The maximum Gasteiger partial charge on any atom is 0.270 e. The number of hydrogen-bond donors (Lipinski definition) is 1. The Morgan fingerprint density at radius 1 is 1.40 bits per heavy atom. The molecule has 1 saturated heterocycles. The monoisotopic (exact) mass is 291 g/mol. The van der Waals surface area contributed by atoms with Crippen molar-refractivity contribution >= 4 is 28.4 Å². The van der Waals surface area contributed by atoms with Crippen LogP contribution in [0.15, 0.2) is 24.3 Å². The van der Waals surface area contributed by atoms with Gasteiger partial charge in [-0.15, -0.1) is 0 Å². The standard InChI is InChI=1S/C15H18ClN3O/c1-18(2)12-5-6-19(9-12)15(20)14-7-10-3-4-11(16)8-13(10)17-14/h3-4,7-8,12,17H,5-6,9H2,1-2H3. The number of aromatic amines is 1. The van der Waals surface area contributed by atoms with Gasteiger partial charge in [-0.05, 0) is 38.7 Å². The molecule has 0 spiro atoms. The van der Waals surface area contributed by atoms with E-state index >= 15 is 0 Å². The van der Waals surface area contributed by atoms with Crippen molar-refractivity contribution in [3.05, 3.63) is 35.0 Å². The van der Waals surface area contributed by atoms with Crippen molar-refractivity contribution in [1.29, 1.82) is 0 Å². The molecule has 1 atom stereocenters. The summed E-state index contributed by atoms with van der Waals surface area (Å²) in [6.45, 7) is 1.61. The van der Waals surface area contributed by atoms with E-state index < -0.39 is 0 Å². The number of H-pyrrole nitrogens is 1. The second kappa shape index (κ2) is 5.11. The van der Waals surface area contributed by atoms with Gasteiger partial charge in [-0.2, -0.15) is 0 Å². The van der Waals surface area contributed by atoms with E-state index in [0.717, 1.165) is 30.4 Å². The van der Waals surface area contributed by atoms with Gasteiger partial charge in [0.1, 0.15) is 5.69 Å². The molecule has 3 rings (SSSR count). The number of likely N-dealkylation sites (tertiary alicyclic amines) is 1. The number of amides is 1. The van der Waals surface area contributed by atoms with Crippen molar-refractivity contribution in [3.63, 3.8) is 0 Å². The second-order valence-corrected chi connectivity index (χ2v) is 6.01. The van der Waals surface area contributed by atoms with Crippen LogP contribution in [0.4, 0.5) is 0 Å². The SMILES string of the molecule is CN(C)C1CCN(C(=O)c2cc3ccc(Cl)cc3[nH]2)C1. The predicted octanol–water partition coefficient (Wildman–Crippen LogP) is 2.60. The highest BCUT2D eigenvalue weighted by atomic mass is 35.5. The number of carbonyl (C=O) groups is 1. The normalized spacial score (nSPS) is 19.2. The average molecular weight is 292 g/mol. The molecule has 20 heavy (non-hydrogen) atoms. The molecule has 2 heterocycles. The number of aromatic nitrogens is 1. The van der Waals surface area contributed by atoms with E-state index in [9.17, 15) is 4.79 Å². The second-order valence-electron chi connectivity index (χ2n) is 5.57. The van der Waals surface area contributed by atoms with Crippen molar-refractivity contribution in [2.75, 3.05) is 27.2 Å². The molecule has 1 aromatic heterocycles. The summed E-state index contributed by atoms with van der Waals surface area (Å²) in [6, 6.07) is 7.97. The lowest BCUT2D eigenvalue weighted by molar-refractivity contribution is 0.0778. The molecule has 1 aliphatic heterocycles. The van der Waals surface area contributed by atoms with Gasteiger partial charge in [0.05, 0.1) is 0 Å². The zero-order chi connectivity index (χ0) is 14.3. The Bertz CT molecular complexity index is 650. The maximum atomic E-state index is 12.5. The molecule has 2 aromatic rings. The number of carbonyl (C=O) groups excluding carboxylic acids is 1. The molecular formula is C15H18ClN3O. The molecule has 0 aliphatic carbocycles. The summed E-state index contributed by atoms with van der Waals surface area (Å²) in [6.07, 6.45) is 1.03. The van der Waals surface area contributed by atoms with Crippen molar-refractivity contribution < 1.29 is 4.79 Å². The first-order valence-corrected chi connectivity index (χ1v) is 7.16. The molecule has 4 nitrogen and oxygen atoms in total. The zero-order valence-corrected chi connectivity index (χ0v) is 12.4. The highest BCUT2D eigenvalue weighted by Crippen LogP contribution is 2.22. The number of nitrogens with one attached hydrogen (secondary N) is 1. The van der Waals surface area contributed by atoms with Gasteiger partial charge < -0.3 is 14.8 Å². The van der Waals surface area contributed by atoms with Crippen LogP contribution in [0.3, 0.4) is 0 Å². The quantitative estimate of drug-likeness (QED) is 0.924. The fourth-order valence-corrected chi connectivity index (χ4v) is 2.90. The molecule has 0 saturated carbocycles. The zero-order valence-electron chi connectivity index (χ0n) is 11.7. The fourth-order valence-electron chi connectivity index (χ4n) is 2.73. The molecule has 1 amide bonds. The van der Waals surface area contributed by atoms with Gasteiger partial charge in [-0.1, -0.05) is 17.7 Å². The van der Waals surface area contributed by atoms with E-state index in [1.807, 2.05) is 29.2 Å². The largest absolute Gasteiger partial charge is 0.350 e. The van der Waals surface area contributed by atoms with Crippen molar-refractivity contribution in [3.8, 4) is 0 Å². The highest BCUT2D eigenvalue weighted by molar-refractivity contribution is 6.31. The van der Waals surface area contributed by atoms with Crippen LogP contribution in [0.25, 0.3) is 10.9 Å². The van der Waals surface area contributed by atoms with Crippen molar-refractivity contribution in [2.45, 2.75) is 12.5 Å². The first-order valence-electron chi connectivity index (χ1n) is 6.78. The van der Waals surface area contributed by atoms with E-state index in [1.165, 1.54) is 0 Å². The first-order chi connectivity index (χ1) is 9.54. The summed E-state index contributed by atoms with van der Waals surface area (Å²) >= 11 is 5.97. The lowest BCUT2D eigenvalue weighted by Gasteiger charge is -2.20. The Balaban J connectivity index is 1.82. The number of hydrogen-bond acceptors (Lipinski definition) is 2. The molecule has 106 valence electrons. The topological polar surface area (TPSA) is 39.3 Å². The molecular weight excluding hydrogens is 274 g/mol. The molecule has 5 heteroatoms. The Labute approximate surface area is 123 Å². The van der Waals surface area contributed by atoms with Crippen LogP contribution in [0, 0.1) is 0 Å².